The molecule has 0 aliphatic carbocycles. The largest absolute Gasteiger partial charge is 0.315 e. The fourth-order valence-electron chi connectivity index (χ4n) is 1.98. The topological polar surface area (TPSA) is 49.4 Å². The van der Waals surface area contributed by atoms with Crippen LogP contribution in [-0.2, 0) is 10.0 Å². The Kier molecular flexibility index (Phi) is 3.91. The van der Waals surface area contributed by atoms with Crippen molar-refractivity contribution in [3.05, 3.63) is 29.0 Å². The summed E-state index contributed by atoms with van der Waals surface area (Å²) in [7, 11) is -2.38. The molecular weight excluding hydrogens is 279 g/mol. The van der Waals surface area contributed by atoms with Crippen LogP contribution in [0.3, 0.4) is 0 Å². The lowest BCUT2D eigenvalue weighted by molar-refractivity contribution is 0.385. The van der Waals surface area contributed by atoms with Gasteiger partial charge in [-0.15, -0.1) is 0 Å². The van der Waals surface area contributed by atoms with Crippen LogP contribution in [0.25, 0.3) is 0 Å². The maximum Gasteiger partial charge on any atom is 0.246 e. The first-order valence-electron chi connectivity index (χ1n) is 5.57. The molecule has 0 unspecified atom stereocenters. The second-order valence-electron chi connectivity index (χ2n) is 4.22. The van der Waals surface area contributed by atoms with Crippen molar-refractivity contribution >= 4 is 21.6 Å². The van der Waals surface area contributed by atoms with Gasteiger partial charge in [0.05, 0.1) is 5.02 Å². The van der Waals surface area contributed by atoms with Gasteiger partial charge >= 0.3 is 0 Å². The average Bonchev–Trinajstić information content (AvgIpc) is 2.85. The van der Waals surface area contributed by atoms with Crippen LogP contribution in [0.1, 0.15) is 6.42 Å². The molecule has 2 rings (SSSR count). The Morgan fingerprint density at radius 3 is 2.83 bits per heavy atom. The molecule has 0 amide bonds. The third kappa shape index (κ3) is 2.38. The lowest BCUT2D eigenvalue weighted by atomic mass is 10.3. The SMILES string of the molecule is CN([C@@H]1CCNC1)S(=O)(=O)c1cccc(Cl)c1F. The minimum Gasteiger partial charge on any atom is -0.315 e. The number of nitrogens with zero attached hydrogens (tertiary/aromatic N) is 1. The quantitative estimate of drug-likeness (QED) is 0.918. The van der Waals surface area contributed by atoms with Gasteiger partial charge in [-0.1, -0.05) is 17.7 Å². The molecule has 1 atom stereocenters. The molecule has 7 heteroatoms. The molecule has 0 radical (unpaired) electrons. The summed E-state index contributed by atoms with van der Waals surface area (Å²) in [5.41, 5.74) is 0. The summed E-state index contributed by atoms with van der Waals surface area (Å²) in [4.78, 5) is -0.371. The summed E-state index contributed by atoms with van der Waals surface area (Å²) in [5.74, 6) is -0.892. The van der Waals surface area contributed by atoms with Crippen molar-refractivity contribution in [3.8, 4) is 0 Å². The fraction of sp³-hybridized carbons (Fsp3) is 0.455. The second-order valence-corrected chi connectivity index (χ2v) is 6.59. The Labute approximate surface area is 111 Å². The Morgan fingerprint density at radius 1 is 1.50 bits per heavy atom. The van der Waals surface area contributed by atoms with E-state index in [2.05, 4.69) is 5.32 Å². The van der Waals surface area contributed by atoms with Crippen LogP contribution in [-0.4, -0.2) is 38.9 Å². The van der Waals surface area contributed by atoms with Gasteiger partial charge in [0.15, 0.2) is 5.82 Å². The van der Waals surface area contributed by atoms with E-state index in [9.17, 15) is 12.8 Å². The Morgan fingerprint density at radius 2 is 2.22 bits per heavy atom. The zero-order valence-electron chi connectivity index (χ0n) is 9.86. The van der Waals surface area contributed by atoms with Crippen LogP contribution in [0.2, 0.25) is 5.02 Å². The third-order valence-corrected chi connectivity index (χ3v) is 5.34. The number of hydrogen-bond acceptors (Lipinski definition) is 3. The number of sulfonamides is 1. The molecule has 100 valence electrons. The zero-order chi connectivity index (χ0) is 13.3. The van der Waals surface area contributed by atoms with E-state index in [0.29, 0.717) is 6.54 Å². The fourth-order valence-corrected chi connectivity index (χ4v) is 3.68. The van der Waals surface area contributed by atoms with E-state index in [1.807, 2.05) is 0 Å². The molecule has 18 heavy (non-hydrogen) atoms. The van der Waals surface area contributed by atoms with E-state index in [1.165, 1.54) is 29.6 Å². The van der Waals surface area contributed by atoms with Crippen molar-refractivity contribution < 1.29 is 12.8 Å². The van der Waals surface area contributed by atoms with Crippen molar-refractivity contribution in [2.45, 2.75) is 17.4 Å². The Bertz CT molecular complexity index is 544. The van der Waals surface area contributed by atoms with Gasteiger partial charge in [0.2, 0.25) is 10.0 Å². The number of likely N-dealkylation sites (N-methyl/N-ethyl adjacent to an activating group) is 1. The highest BCUT2D eigenvalue weighted by Crippen LogP contribution is 2.26. The molecule has 1 heterocycles. The molecule has 1 N–H and O–H groups in total. The summed E-state index contributed by atoms with van der Waals surface area (Å²) in [6.45, 7) is 1.35. The predicted octanol–water partition coefficient (Wildman–Crippen LogP) is 1.46. The minimum atomic E-state index is -3.84. The molecule has 1 aromatic rings. The molecule has 1 aromatic carbocycles. The van der Waals surface area contributed by atoms with E-state index in [4.69, 9.17) is 11.6 Å². The average molecular weight is 293 g/mol. The Hall–Kier alpha value is -0.690. The van der Waals surface area contributed by atoms with Crippen LogP contribution in [0.4, 0.5) is 4.39 Å². The maximum absolute atomic E-state index is 13.8. The van der Waals surface area contributed by atoms with Gasteiger partial charge in [-0.2, -0.15) is 4.31 Å². The van der Waals surface area contributed by atoms with Gasteiger partial charge < -0.3 is 5.32 Å². The summed E-state index contributed by atoms with van der Waals surface area (Å²) in [6, 6.07) is 3.84. The first-order valence-corrected chi connectivity index (χ1v) is 7.39. The highest BCUT2D eigenvalue weighted by Gasteiger charge is 2.32. The van der Waals surface area contributed by atoms with Crippen LogP contribution in [0.5, 0.6) is 0 Å². The molecule has 1 fully saturated rings. The van der Waals surface area contributed by atoms with Crippen LogP contribution in [0, 0.1) is 5.82 Å². The molecule has 1 aliphatic heterocycles. The van der Waals surface area contributed by atoms with Gasteiger partial charge in [-0.05, 0) is 25.1 Å². The predicted molar refractivity (Wildman–Crippen MR) is 67.6 cm³/mol. The third-order valence-electron chi connectivity index (χ3n) is 3.12. The summed E-state index contributed by atoms with van der Waals surface area (Å²) >= 11 is 5.61. The smallest absolute Gasteiger partial charge is 0.246 e. The Balaban J connectivity index is 2.38. The standard InChI is InChI=1S/C11H14ClFN2O2S/c1-15(8-5-6-14-7-8)18(16,17)10-4-2-3-9(12)11(10)13/h2-4,8,14H,5-7H2,1H3/t8-/m1/s1. The normalized spacial score (nSPS) is 20.6. The molecule has 0 bridgehead atoms. The highest BCUT2D eigenvalue weighted by atomic mass is 35.5. The number of halogens is 2. The molecular formula is C11H14ClFN2O2S. The van der Waals surface area contributed by atoms with Crippen LogP contribution >= 0.6 is 11.6 Å². The lowest BCUT2D eigenvalue weighted by Crippen LogP contribution is -2.38. The van der Waals surface area contributed by atoms with E-state index in [-0.39, 0.29) is 16.0 Å². The molecule has 4 nitrogen and oxygen atoms in total. The van der Waals surface area contributed by atoms with Crippen LogP contribution < -0.4 is 5.32 Å². The monoisotopic (exact) mass is 292 g/mol. The number of rotatable bonds is 3. The van der Waals surface area contributed by atoms with Crippen molar-refractivity contribution in [3.63, 3.8) is 0 Å². The summed E-state index contributed by atoms with van der Waals surface area (Å²) in [6.07, 6.45) is 0.720. The van der Waals surface area contributed by atoms with Crippen molar-refractivity contribution in [1.82, 2.24) is 9.62 Å². The van der Waals surface area contributed by atoms with Gasteiger partial charge in [0.25, 0.3) is 0 Å². The molecule has 0 saturated carbocycles. The number of nitrogens with one attached hydrogen (secondary N) is 1. The van der Waals surface area contributed by atoms with E-state index in [0.717, 1.165) is 13.0 Å². The van der Waals surface area contributed by atoms with Crippen molar-refractivity contribution in [2.24, 2.45) is 0 Å². The first-order chi connectivity index (χ1) is 8.44. The van der Waals surface area contributed by atoms with E-state index >= 15 is 0 Å². The highest BCUT2D eigenvalue weighted by molar-refractivity contribution is 7.89. The van der Waals surface area contributed by atoms with Crippen molar-refractivity contribution in [2.75, 3.05) is 20.1 Å². The zero-order valence-corrected chi connectivity index (χ0v) is 11.4. The molecule has 0 aromatic heterocycles. The maximum atomic E-state index is 13.8. The van der Waals surface area contributed by atoms with Crippen LogP contribution in [0.15, 0.2) is 23.1 Å². The number of benzene rings is 1. The van der Waals surface area contributed by atoms with Gasteiger partial charge in [0.1, 0.15) is 4.90 Å². The minimum absolute atomic E-state index is 0.145. The summed E-state index contributed by atoms with van der Waals surface area (Å²) in [5, 5.41) is 2.89. The first kappa shape index (κ1) is 13.7. The molecule has 0 spiro atoms. The van der Waals surface area contributed by atoms with Gasteiger partial charge in [-0.3, -0.25) is 0 Å². The second kappa shape index (κ2) is 5.13. The lowest BCUT2D eigenvalue weighted by Gasteiger charge is -2.23. The number of hydrogen-bond donors (Lipinski definition) is 1. The van der Waals surface area contributed by atoms with E-state index < -0.39 is 15.8 Å². The van der Waals surface area contributed by atoms with Crippen molar-refractivity contribution in [1.29, 1.82) is 0 Å². The summed E-state index contributed by atoms with van der Waals surface area (Å²) < 4.78 is 39.6. The van der Waals surface area contributed by atoms with Gasteiger partial charge in [0, 0.05) is 19.6 Å². The van der Waals surface area contributed by atoms with Gasteiger partial charge in [-0.25, -0.2) is 12.8 Å². The van der Waals surface area contributed by atoms with E-state index in [1.54, 1.807) is 0 Å². The molecule has 1 aliphatic rings. The molecule has 1 saturated heterocycles.